The number of fused-ring (bicyclic) bond motifs is 1. The van der Waals surface area contributed by atoms with Crippen molar-refractivity contribution in [3.05, 3.63) is 35.1 Å². The fourth-order valence-electron chi connectivity index (χ4n) is 4.91. The van der Waals surface area contributed by atoms with E-state index < -0.39 is 0 Å². The van der Waals surface area contributed by atoms with E-state index in [2.05, 4.69) is 11.9 Å². The zero-order valence-electron chi connectivity index (χ0n) is 13.6. The van der Waals surface area contributed by atoms with Crippen molar-refractivity contribution in [1.82, 2.24) is 4.90 Å². The smallest absolute Gasteiger partial charge is 0.197 e. The van der Waals surface area contributed by atoms with Crippen LogP contribution in [-0.4, -0.2) is 49.6 Å². The Kier molecular flexibility index (Phi) is 3.00. The molecule has 1 fully saturated rings. The standard InChI is InChI=1S/C18H21NO4/c1-19-9-18-8-13(20)15(23-3)7-11(18)12(19)6-10-4-5-14(22-2)17(21)16(10)18/h4-5,7,11-12,21H,6,8-9H2,1-3H3. The number of benzene rings is 1. The van der Waals surface area contributed by atoms with E-state index in [-0.39, 0.29) is 22.9 Å². The number of likely N-dealkylation sites (tertiary alicyclic amines) is 1. The number of ketones is 1. The topological polar surface area (TPSA) is 59.0 Å². The largest absolute Gasteiger partial charge is 0.504 e. The second-order valence-electron chi connectivity index (χ2n) is 6.85. The summed E-state index contributed by atoms with van der Waals surface area (Å²) in [5.74, 6) is 1.29. The van der Waals surface area contributed by atoms with E-state index >= 15 is 0 Å². The summed E-state index contributed by atoms with van der Waals surface area (Å²) in [5, 5.41) is 10.8. The molecule has 3 aliphatic rings. The summed E-state index contributed by atoms with van der Waals surface area (Å²) >= 11 is 0. The number of likely N-dealkylation sites (N-methyl/N-ethyl adjacent to an activating group) is 1. The SMILES string of the molecule is COC1=CC2C3Cc4ccc(OC)c(O)c4C2(CC1=O)CN3C. The zero-order chi connectivity index (χ0) is 16.4. The maximum atomic E-state index is 12.5. The van der Waals surface area contributed by atoms with Gasteiger partial charge in [0.05, 0.1) is 14.2 Å². The Hall–Kier alpha value is -2.01. The van der Waals surface area contributed by atoms with Crippen LogP contribution in [0.4, 0.5) is 0 Å². The number of carbonyl (C=O) groups is 1. The number of Topliss-reactive ketones (excluding diaryl/α,β-unsaturated/α-hetero) is 1. The van der Waals surface area contributed by atoms with Gasteiger partial charge in [0.1, 0.15) is 0 Å². The predicted molar refractivity (Wildman–Crippen MR) is 84.7 cm³/mol. The van der Waals surface area contributed by atoms with Crippen LogP contribution in [-0.2, 0) is 21.4 Å². The summed E-state index contributed by atoms with van der Waals surface area (Å²) in [6.45, 7) is 0.759. The van der Waals surface area contributed by atoms with Gasteiger partial charge in [-0.15, -0.1) is 0 Å². The van der Waals surface area contributed by atoms with E-state index in [1.807, 2.05) is 18.2 Å². The molecule has 4 rings (SSSR count). The lowest BCUT2D eigenvalue weighted by molar-refractivity contribution is -0.120. The lowest BCUT2D eigenvalue weighted by Crippen LogP contribution is -2.45. The van der Waals surface area contributed by atoms with Crippen LogP contribution >= 0.6 is 0 Å². The van der Waals surface area contributed by atoms with Crippen LogP contribution in [0.3, 0.4) is 0 Å². The molecule has 23 heavy (non-hydrogen) atoms. The third-order valence-corrected chi connectivity index (χ3v) is 5.83. The van der Waals surface area contributed by atoms with E-state index in [1.165, 1.54) is 0 Å². The van der Waals surface area contributed by atoms with Gasteiger partial charge in [-0.2, -0.15) is 0 Å². The highest BCUT2D eigenvalue weighted by atomic mass is 16.5. The van der Waals surface area contributed by atoms with Crippen molar-refractivity contribution >= 4 is 5.78 Å². The molecule has 1 aromatic carbocycles. The quantitative estimate of drug-likeness (QED) is 0.899. The molecule has 0 radical (unpaired) electrons. The molecule has 0 saturated carbocycles. The summed E-state index contributed by atoms with van der Waals surface area (Å²) in [5.41, 5.74) is 1.63. The van der Waals surface area contributed by atoms with Crippen molar-refractivity contribution in [3.8, 4) is 11.5 Å². The van der Waals surface area contributed by atoms with Crippen LogP contribution in [0.15, 0.2) is 24.0 Å². The molecule has 1 N–H and O–H groups in total. The van der Waals surface area contributed by atoms with Gasteiger partial charge in [0.2, 0.25) is 0 Å². The fourth-order valence-corrected chi connectivity index (χ4v) is 4.91. The summed E-state index contributed by atoms with van der Waals surface area (Å²) in [6.07, 6.45) is 3.20. The average molecular weight is 315 g/mol. The van der Waals surface area contributed by atoms with Gasteiger partial charge in [-0.3, -0.25) is 4.79 Å². The number of allylic oxidation sites excluding steroid dienone is 1. The van der Waals surface area contributed by atoms with Gasteiger partial charge in [-0.1, -0.05) is 6.07 Å². The van der Waals surface area contributed by atoms with Crippen molar-refractivity contribution < 1.29 is 19.4 Å². The Morgan fingerprint density at radius 1 is 1.30 bits per heavy atom. The summed E-state index contributed by atoms with van der Waals surface area (Å²) in [6, 6.07) is 4.16. The Labute approximate surface area is 135 Å². The highest BCUT2D eigenvalue weighted by Gasteiger charge is 2.59. The molecule has 3 atom stereocenters. The molecule has 2 bridgehead atoms. The highest BCUT2D eigenvalue weighted by Crippen LogP contribution is 2.57. The summed E-state index contributed by atoms with van der Waals surface area (Å²) in [4.78, 5) is 14.8. The molecule has 1 heterocycles. The molecule has 1 saturated heterocycles. The number of rotatable bonds is 2. The number of hydrogen-bond acceptors (Lipinski definition) is 5. The van der Waals surface area contributed by atoms with Crippen LogP contribution in [0.1, 0.15) is 17.5 Å². The fraction of sp³-hybridized carbons (Fsp3) is 0.500. The third-order valence-electron chi connectivity index (χ3n) is 5.83. The van der Waals surface area contributed by atoms with Crippen LogP contribution in [0, 0.1) is 5.92 Å². The number of phenolic OH excluding ortho intramolecular Hbond substituents is 1. The molecule has 1 aromatic rings. The maximum absolute atomic E-state index is 12.5. The Balaban J connectivity index is 1.97. The lowest BCUT2D eigenvalue weighted by atomic mass is 9.59. The molecule has 5 nitrogen and oxygen atoms in total. The first-order valence-corrected chi connectivity index (χ1v) is 7.90. The van der Waals surface area contributed by atoms with Crippen molar-refractivity contribution in [1.29, 1.82) is 0 Å². The van der Waals surface area contributed by atoms with Crippen LogP contribution in [0.25, 0.3) is 0 Å². The van der Waals surface area contributed by atoms with Gasteiger partial charge in [-0.05, 0) is 31.2 Å². The minimum atomic E-state index is -0.384. The molecule has 122 valence electrons. The number of ether oxygens (including phenoxy) is 2. The number of nitrogens with zero attached hydrogens (tertiary/aromatic N) is 1. The highest BCUT2D eigenvalue weighted by molar-refractivity contribution is 5.96. The van der Waals surface area contributed by atoms with Crippen LogP contribution in [0.2, 0.25) is 0 Å². The Bertz CT molecular complexity index is 726. The van der Waals surface area contributed by atoms with Crippen LogP contribution < -0.4 is 4.74 Å². The number of hydrogen-bond donors (Lipinski definition) is 1. The second-order valence-corrected chi connectivity index (χ2v) is 6.85. The molecule has 3 unspecified atom stereocenters. The minimum absolute atomic E-state index is 0.00729. The molecule has 0 amide bonds. The number of aromatic hydroxyl groups is 1. The number of phenols is 1. The molecule has 0 spiro atoms. The number of methoxy groups -OCH3 is 2. The summed E-state index contributed by atoms with van der Waals surface area (Å²) in [7, 11) is 5.19. The van der Waals surface area contributed by atoms with Gasteiger partial charge in [0.25, 0.3) is 0 Å². The monoisotopic (exact) mass is 315 g/mol. The molecular weight excluding hydrogens is 294 g/mol. The molecule has 0 aromatic heterocycles. The van der Waals surface area contributed by atoms with E-state index in [0.29, 0.717) is 24.0 Å². The van der Waals surface area contributed by atoms with E-state index in [4.69, 9.17) is 9.47 Å². The zero-order valence-corrected chi connectivity index (χ0v) is 13.6. The van der Waals surface area contributed by atoms with Crippen molar-refractivity contribution in [2.45, 2.75) is 24.3 Å². The van der Waals surface area contributed by atoms with Gasteiger partial charge in [-0.25, -0.2) is 0 Å². The second kappa shape index (κ2) is 4.74. The van der Waals surface area contributed by atoms with Gasteiger partial charge >= 0.3 is 0 Å². The minimum Gasteiger partial charge on any atom is -0.504 e. The van der Waals surface area contributed by atoms with Crippen LogP contribution in [0.5, 0.6) is 11.5 Å². The Morgan fingerprint density at radius 2 is 2.09 bits per heavy atom. The Morgan fingerprint density at radius 3 is 2.78 bits per heavy atom. The maximum Gasteiger partial charge on any atom is 0.197 e. The normalized spacial score (nSPS) is 32.1. The van der Waals surface area contributed by atoms with Gasteiger partial charge < -0.3 is 19.5 Å². The number of carbonyl (C=O) groups excluding carboxylic acids is 1. The van der Waals surface area contributed by atoms with Gasteiger partial charge in [0.15, 0.2) is 23.0 Å². The third kappa shape index (κ3) is 1.74. The molecule has 5 heteroatoms. The van der Waals surface area contributed by atoms with E-state index in [9.17, 15) is 9.90 Å². The lowest BCUT2D eigenvalue weighted by Gasteiger charge is -2.43. The van der Waals surface area contributed by atoms with E-state index in [0.717, 1.165) is 24.1 Å². The van der Waals surface area contributed by atoms with E-state index in [1.54, 1.807) is 14.2 Å². The molecular formula is C18H21NO4. The summed E-state index contributed by atoms with van der Waals surface area (Å²) < 4.78 is 10.6. The van der Waals surface area contributed by atoms with Gasteiger partial charge in [0, 0.05) is 35.9 Å². The van der Waals surface area contributed by atoms with Crippen molar-refractivity contribution in [2.75, 3.05) is 27.8 Å². The van der Waals surface area contributed by atoms with Crippen molar-refractivity contribution in [3.63, 3.8) is 0 Å². The first-order valence-electron chi connectivity index (χ1n) is 7.90. The van der Waals surface area contributed by atoms with Crippen molar-refractivity contribution in [2.24, 2.45) is 5.92 Å². The first kappa shape index (κ1) is 14.6. The molecule has 2 aliphatic carbocycles. The predicted octanol–water partition coefficient (Wildman–Crippen LogP) is 1.63. The molecule has 1 aliphatic heterocycles. The average Bonchev–Trinajstić information content (AvgIpc) is 2.71. The first-order chi connectivity index (χ1) is 11.0.